The highest BCUT2D eigenvalue weighted by molar-refractivity contribution is 8.01. The van der Waals surface area contributed by atoms with Gasteiger partial charge >= 0.3 is 0 Å². The van der Waals surface area contributed by atoms with E-state index in [4.69, 9.17) is 11.6 Å². The zero-order valence-electron chi connectivity index (χ0n) is 13.2. The monoisotopic (exact) mass is 378 g/mol. The van der Waals surface area contributed by atoms with Crippen molar-refractivity contribution < 1.29 is 19.1 Å². The Morgan fingerprint density at radius 1 is 1.36 bits per heavy atom. The summed E-state index contributed by atoms with van der Waals surface area (Å²) >= 11 is 7.30. The van der Waals surface area contributed by atoms with Crippen LogP contribution in [0.5, 0.6) is 0 Å². The molecule has 0 spiro atoms. The minimum atomic E-state index is -1.27. The van der Waals surface area contributed by atoms with Crippen LogP contribution in [0.4, 0.5) is 10.1 Å². The number of halogens is 2. The number of para-hydroxylation sites is 1. The fourth-order valence-electron chi connectivity index (χ4n) is 2.66. The number of hydrogen-bond acceptors (Lipinski definition) is 4. The van der Waals surface area contributed by atoms with Crippen LogP contribution in [0.3, 0.4) is 0 Å². The van der Waals surface area contributed by atoms with E-state index < -0.39 is 23.0 Å². The third-order valence-electron chi connectivity index (χ3n) is 4.09. The van der Waals surface area contributed by atoms with E-state index in [0.717, 1.165) is 4.90 Å². The molecular formula is C18H14ClFNO3S-. The number of hydrogen-bond donors (Lipinski definition) is 0. The zero-order chi connectivity index (χ0) is 18.1. The van der Waals surface area contributed by atoms with E-state index in [1.807, 2.05) is 12.1 Å². The van der Waals surface area contributed by atoms with Crippen molar-refractivity contribution in [2.45, 2.75) is 23.6 Å². The maximum absolute atomic E-state index is 13.3. The molecule has 2 aromatic carbocycles. The molecular weight excluding hydrogens is 365 g/mol. The van der Waals surface area contributed by atoms with E-state index in [2.05, 4.69) is 0 Å². The summed E-state index contributed by atoms with van der Waals surface area (Å²) in [5.74, 6) is -3.01. The Bertz CT molecular complexity index is 845. The number of carbonyl (C=O) groups is 2. The van der Waals surface area contributed by atoms with Gasteiger partial charge in [0.15, 0.2) is 0 Å². The topological polar surface area (TPSA) is 60.4 Å². The first-order valence-corrected chi connectivity index (χ1v) is 8.86. The molecule has 1 amide bonds. The molecule has 0 fully saturated rings. The molecule has 1 heterocycles. The molecule has 0 aromatic heterocycles. The van der Waals surface area contributed by atoms with Gasteiger partial charge in [-0.15, -0.1) is 11.8 Å². The van der Waals surface area contributed by atoms with Gasteiger partial charge in [0.05, 0.1) is 17.5 Å². The Morgan fingerprint density at radius 2 is 2.08 bits per heavy atom. The van der Waals surface area contributed by atoms with Gasteiger partial charge in [0.1, 0.15) is 5.82 Å². The predicted octanol–water partition coefficient (Wildman–Crippen LogP) is 2.87. The largest absolute Gasteiger partial charge is 0.550 e. The van der Waals surface area contributed by atoms with E-state index in [-0.39, 0.29) is 17.5 Å². The van der Waals surface area contributed by atoms with Crippen LogP contribution in [0, 0.1) is 11.7 Å². The lowest BCUT2D eigenvalue weighted by atomic mass is 10.1. The summed E-state index contributed by atoms with van der Waals surface area (Å²) in [6, 6.07) is 11.2. The zero-order valence-corrected chi connectivity index (χ0v) is 14.8. The number of amides is 1. The summed E-state index contributed by atoms with van der Waals surface area (Å²) < 4.78 is 13.3. The Balaban J connectivity index is 2.00. The van der Waals surface area contributed by atoms with Gasteiger partial charge in [-0.2, -0.15) is 0 Å². The van der Waals surface area contributed by atoms with Gasteiger partial charge in [0.25, 0.3) is 0 Å². The molecule has 0 saturated carbocycles. The van der Waals surface area contributed by atoms with Crippen molar-refractivity contribution >= 4 is 40.9 Å². The Morgan fingerprint density at radius 3 is 2.76 bits per heavy atom. The van der Waals surface area contributed by atoms with Gasteiger partial charge in [-0.1, -0.05) is 36.7 Å². The van der Waals surface area contributed by atoms with Crippen LogP contribution in [0.15, 0.2) is 47.4 Å². The van der Waals surface area contributed by atoms with Gasteiger partial charge in [-0.3, -0.25) is 4.79 Å². The quantitative estimate of drug-likeness (QED) is 0.820. The molecule has 2 atom stereocenters. The molecule has 0 saturated heterocycles. The summed E-state index contributed by atoms with van der Waals surface area (Å²) in [6.45, 7) is 1.59. The SMILES string of the molecule is CC(C(=O)[O-])C1Sc2ccccc2N(Cc2ccc(F)cc2Cl)C1=O. The van der Waals surface area contributed by atoms with E-state index >= 15 is 0 Å². The van der Waals surface area contributed by atoms with Crippen molar-refractivity contribution in [3.05, 3.63) is 58.9 Å². The summed E-state index contributed by atoms with van der Waals surface area (Å²) in [4.78, 5) is 26.5. The smallest absolute Gasteiger partial charge is 0.241 e. The Kier molecular flexibility index (Phi) is 5.01. The summed E-state index contributed by atoms with van der Waals surface area (Å²) in [5.41, 5.74) is 1.26. The highest BCUT2D eigenvalue weighted by atomic mass is 35.5. The first kappa shape index (κ1) is 17.8. The molecule has 0 radical (unpaired) electrons. The van der Waals surface area contributed by atoms with Crippen molar-refractivity contribution in [3.63, 3.8) is 0 Å². The predicted molar refractivity (Wildman–Crippen MR) is 92.9 cm³/mol. The maximum Gasteiger partial charge on any atom is 0.241 e. The number of benzene rings is 2. The number of carboxylic acid groups (broad SMARTS) is 1. The fourth-order valence-corrected chi connectivity index (χ4v) is 4.16. The van der Waals surface area contributed by atoms with E-state index in [1.54, 1.807) is 12.1 Å². The van der Waals surface area contributed by atoms with Gasteiger partial charge in [0, 0.05) is 21.8 Å². The molecule has 0 aliphatic carbocycles. The number of carbonyl (C=O) groups excluding carboxylic acids is 2. The Labute approximate surface area is 153 Å². The van der Waals surface area contributed by atoms with Gasteiger partial charge in [0.2, 0.25) is 5.91 Å². The molecule has 25 heavy (non-hydrogen) atoms. The van der Waals surface area contributed by atoms with E-state index in [0.29, 0.717) is 11.3 Å². The van der Waals surface area contributed by atoms with Crippen LogP contribution in [-0.2, 0) is 16.1 Å². The molecule has 130 valence electrons. The lowest BCUT2D eigenvalue weighted by molar-refractivity contribution is -0.310. The van der Waals surface area contributed by atoms with Crippen LogP contribution in [-0.4, -0.2) is 17.1 Å². The van der Waals surface area contributed by atoms with Crippen molar-refractivity contribution in [3.8, 4) is 0 Å². The molecule has 3 rings (SSSR count). The molecule has 4 nitrogen and oxygen atoms in total. The molecule has 2 unspecified atom stereocenters. The van der Waals surface area contributed by atoms with Crippen LogP contribution < -0.4 is 10.0 Å². The average molecular weight is 379 g/mol. The lowest BCUT2D eigenvalue weighted by Crippen LogP contribution is -2.47. The summed E-state index contributed by atoms with van der Waals surface area (Å²) in [7, 11) is 0. The third kappa shape index (κ3) is 3.50. The fraction of sp³-hybridized carbons (Fsp3) is 0.222. The number of thioether (sulfide) groups is 1. The van der Waals surface area contributed by atoms with Gasteiger partial charge < -0.3 is 14.8 Å². The number of anilines is 1. The Hall–Kier alpha value is -2.05. The number of rotatable bonds is 4. The number of carboxylic acids is 1. The van der Waals surface area contributed by atoms with E-state index in [9.17, 15) is 19.1 Å². The van der Waals surface area contributed by atoms with Crippen molar-refractivity contribution in [1.82, 2.24) is 0 Å². The summed E-state index contributed by atoms with van der Waals surface area (Å²) in [6.07, 6.45) is 0. The molecule has 2 aromatic rings. The molecule has 0 bridgehead atoms. The van der Waals surface area contributed by atoms with Crippen LogP contribution in [0.1, 0.15) is 12.5 Å². The number of nitrogens with zero attached hydrogens (tertiary/aromatic N) is 1. The number of fused-ring (bicyclic) bond motifs is 1. The minimum Gasteiger partial charge on any atom is -0.550 e. The highest BCUT2D eigenvalue weighted by Crippen LogP contribution is 2.42. The average Bonchev–Trinajstić information content (AvgIpc) is 2.58. The first-order valence-electron chi connectivity index (χ1n) is 7.60. The second-order valence-electron chi connectivity index (χ2n) is 5.77. The second-order valence-corrected chi connectivity index (χ2v) is 7.36. The third-order valence-corrected chi connectivity index (χ3v) is 5.90. The van der Waals surface area contributed by atoms with Crippen LogP contribution in [0.2, 0.25) is 5.02 Å². The first-order chi connectivity index (χ1) is 11.9. The lowest BCUT2D eigenvalue weighted by Gasteiger charge is -2.36. The van der Waals surface area contributed by atoms with Crippen molar-refractivity contribution in [1.29, 1.82) is 0 Å². The minimum absolute atomic E-state index is 0.131. The summed E-state index contributed by atoms with van der Waals surface area (Å²) in [5, 5.41) is 10.7. The highest BCUT2D eigenvalue weighted by Gasteiger charge is 2.37. The standard InChI is InChI=1S/C18H15ClFNO3S/c1-10(18(23)24)16-17(22)21(14-4-2-3-5-15(14)25-16)9-11-6-7-12(20)8-13(11)19/h2-8,10,16H,9H2,1H3,(H,23,24)/p-1. The van der Waals surface area contributed by atoms with Gasteiger partial charge in [-0.05, 0) is 29.8 Å². The van der Waals surface area contributed by atoms with E-state index in [1.165, 1.54) is 41.8 Å². The van der Waals surface area contributed by atoms with Gasteiger partial charge in [-0.25, -0.2) is 4.39 Å². The van der Waals surface area contributed by atoms with Crippen LogP contribution >= 0.6 is 23.4 Å². The molecule has 0 N–H and O–H groups in total. The number of aliphatic carboxylic acids is 1. The molecule has 1 aliphatic rings. The van der Waals surface area contributed by atoms with Crippen molar-refractivity contribution in [2.75, 3.05) is 4.90 Å². The maximum atomic E-state index is 13.3. The van der Waals surface area contributed by atoms with Crippen LogP contribution in [0.25, 0.3) is 0 Å². The molecule has 1 aliphatic heterocycles. The normalized spacial score (nSPS) is 18.0. The second kappa shape index (κ2) is 7.06. The molecule has 7 heteroatoms. The van der Waals surface area contributed by atoms with Crippen molar-refractivity contribution in [2.24, 2.45) is 5.92 Å².